The van der Waals surface area contributed by atoms with Gasteiger partial charge in [-0.1, -0.05) is 81.9 Å². The molecule has 4 heteroatoms. The normalized spacial score (nSPS) is 14.5. The van der Waals surface area contributed by atoms with Crippen LogP contribution in [0, 0.1) is 19.2 Å². The standard InChI is InChI=1S/C35H38N3.Y/c1-9-25(6)32-22-38(33-26(7)14-13-17-29(32)33)35-36(8)18-19-37(35)34-30(23(2)3)20-28(21-31(34)24(4)5)27-15-11-10-12-16-27;/h10-21,23-24H,1-8H3;/q-1;. The summed E-state index contributed by atoms with van der Waals surface area (Å²) >= 11 is 0. The zero-order valence-corrected chi connectivity index (χ0v) is 27.3. The molecule has 3 nitrogen and oxygen atoms in total. The fourth-order valence-corrected chi connectivity index (χ4v) is 5.49. The molecule has 0 N–H and O–H groups in total. The van der Waals surface area contributed by atoms with Crippen LogP contribution in [0.15, 0.2) is 78.6 Å². The Morgan fingerprint density at radius 3 is 2.10 bits per heavy atom. The van der Waals surface area contributed by atoms with E-state index in [-0.39, 0.29) is 32.7 Å². The Kier molecular flexibility index (Phi) is 8.83. The van der Waals surface area contributed by atoms with Crippen molar-refractivity contribution in [1.82, 2.24) is 13.7 Å². The van der Waals surface area contributed by atoms with Crippen molar-refractivity contribution in [3.8, 4) is 16.8 Å². The molecular formula is C35H38N3Y-. The number of para-hydroxylation sites is 1. The third-order valence-electron chi connectivity index (χ3n) is 7.64. The molecule has 5 rings (SSSR count). The van der Waals surface area contributed by atoms with E-state index in [0.717, 1.165) is 16.8 Å². The molecule has 4 aromatic rings. The van der Waals surface area contributed by atoms with Crippen molar-refractivity contribution in [2.75, 3.05) is 0 Å². The Balaban J connectivity index is 0.00000353. The second-order valence-corrected chi connectivity index (χ2v) is 10.9. The first-order valence-electron chi connectivity index (χ1n) is 13.6. The summed E-state index contributed by atoms with van der Waals surface area (Å²) in [6.07, 6.45) is 11.4. The van der Waals surface area contributed by atoms with Gasteiger partial charge in [-0.15, -0.1) is 19.9 Å². The monoisotopic (exact) mass is 589 g/mol. The third kappa shape index (κ3) is 5.24. The van der Waals surface area contributed by atoms with E-state index in [1.165, 1.54) is 44.8 Å². The van der Waals surface area contributed by atoms with Crippen LogP contribution in [0.2, 0.25) is 0 Å². The van der Waals surface area contributed by atoms with Crippen molar-refractivity contribution in [1.29, 1.82) is 0 Å². The Morgan fingerprint density at radius 1 is 0.872 bits per heavy atom. The predicted octanol–water partition coefficient (Wildman–Crippen LogP) is 8.07. The van der Waals surface area contributed by atoms with Crippen molar-refractivity contribution < 1.29 is 32.7 Å². The minimum atomic E-state index is 0. The smallest absolute Gasteiger partial charge is 0.307 e. The molecule has 1 aliphatic rings. The van der Waals surface area contributed by atoms with Crippen LogP contribution in [-0.4, -0.2) is 9.13 Å². The minimum Gasteiger partial charge on any atom is -0.322 e. The second-order valence-electron chi connectivity index (χ2n) is 10.9. The van der Waals surface area contributed by atoms with Crippen LogP contribution in [0.1, 0.15) is 75.6 Å². The van der Waals surface area contributed by atoms with Crippen LogP contribution in [0.3, 0.4) is 0 Å². The fraction of sp³-hybridized carbons (Fsp3) is 0.286. The van der Waals surface area contributed by atoms with Crippen LogP contribution in [0.4, 0.5) is 5.69 Å². The van der Waals surface area contributed by atoms with Gasteiger partial charge in [0.25, 0.3) is 0 Å². The Hall–Kier alpha value is -2.75. The molecule has 0 fully saturated rings. The van der Waals surface area contributed by atoms with Gasteiger partial charge in [0.1, 0.15) is 5.69 Å². The van der Waals surface area contributed by atoms with Crippen molar-refractivity contribution in [3.05, 3.63) is 119 Å². The number of allylic oxidation sites excluding steroid dienone is 3. The first-order chi connectivity index (χ1) is 18.2. The summed E-state index contributed by atoms with van der Waals surface area (Å²) < 4.78 is 6.83. The van der Waals surface area contributed by atoms with Crippen LogP contribution in [-0.2, 0) is 39.8 Å². The number of aromatic nitrogens is 2. The van der Waals surface area contributed by atoms with E-state index >= 15 is 0 Å². The van der Waals surface area contributed by atoms with Crippen LogP contribution < -0.4 is 10.2 Å². The largest absolute Gasteiger partial charge is 0.322 e. The van der Waals surface area contributed by atoms with E-state index < -0.39 is 0 Å². The number of nitrogens with zero attached hydrogens (tertiary/aromatic N) is 3. The zero-order valence-electron chi connectivity index (χ0n) is 24.5. The Bertz CT molecular complexity index is 1610. The molecule has 0 unspecified atom stereocenters. The van der Waals surface area contributed by atoms with Crippen molar-refractivity contribution in [2.45, 2.75) is 60.3 Å². The first kappa shape index (κ1) is 29.2. The molecule has 1 aliphatic heterocycles. The van der Waals surface area contributed by atoms with Crippen molar-refractivity contribution in [3.63, 3.8) is 0 Å². The summed E-state index contributed by atoms with van der Waals surface area (Å²) in [5.41, 5.74) is 13.4. The summed E-state index contributed by atoms with van der Waals surface area (Å²) in [4.78, 5) is 0. The predicted molar refractivity (Wildman–Crippen MR) is 159 cm³/mol. The number of aryl methyl sites for hydroxylation is 2. The minimum absolute atomic E-state index is 0. The first-order valence-corrected chi connectivity index (χ1v) is 13.6. The molecular weight excluding hydrogens is 551 g/mol. The van der Waals surface area contributed by atoms with E-state index in [4.69, 9.17) is 0 Å². The van der Waals surface area contributed by atoms with Crippen LogP contribution in [0.5, 0.6) is 0 Å². The van der Waals surface area contributed by atoms with Crippen molar-refractivity contribution >= 4 is 11.3 Å². The number of hydrogen-bond donors (Lipinski definition) is 0. The van der Waals surface area contributed by atoms with Gasteiger partial charge in [-0.05, 0) is 53.1 Å². The van der Waals surface area contributed by atoms with Gasteiger partial charge in [0.15, 0.2) is 0 Å². The molecule has 1 radical (unpaired) electrons. The van der Waals surface area contributed by atoms with E-state index in [1.807, 2.05) is 6.92 Å². The number of fused-ring (bicyclic) bond motifs is 1. The van der Waals surface area contributed by atoms with Gasteiger partial charge in [-0.25, -0.2) is 10.1 Å². The molecule has 0 saturated carbocycles. The average Bonchev–Trinajstić information content (AvgIpc) is 3.48. The van der Waals surface area contributed by atoms with E-state index in [9.17, 15) is 0 Å². The summed E-state index contributed by atoms with van der Waals surface area (Å²) in [6, 6.07) is 22.0. The van der Waals surface area contributed by atoms with Crippen molar-refractivity contribution in [2.24, 2.45) is 7.05 Å². The van der Waals surface area contributed by atoms with E-state index in [0.29, 0.717) is 11.8 Å². The SMILES string of the molecule is C[C-]=C(C)C1=[C-][N+](=c2n(C)ccn2-c2c(C(C)C)cc(-c3ccccc3)cc2C(C)C)c2c(C)cccc21.[Y]. The van der Waals surface area contributed by atoms with Gasteiger partial charge < -0.3 is 10.7 Å². The van der Waals surface area contributed by atoms with Crippen LogP contribution in [0.25, 0.3) is 22.4 Å². The number of benzene rings is 3. The molecule has 197 valence electrons. The Labute approximate surface area is 259 Å². The molecule has 0 spiro atoms. The Morgan fingerprint density at radius 2 is 1.51 bits per heavy atom. The number of rotatable bonds is 5. The van der Waals surface area contributed by atoms with Gasteiger partial charge >= 0.3 is 5.62 Å². The van der Waals surface area contributed by atoms with Gasteiger partial charge in [0, 0.05) is 38.4 Å². The molecule has 0 atom stereocenters. The van der Waals surface area contributed by atoms with E-state index in [1.54, 1.807) is 0 Å². The zero-order chi connectivity index (χ0) is 27.1. The van der Waals surface area contributed by atoms with Crippen LogP contribution >= 0.6 is 0 Å². The summed E-state index contributed by atoms with van der Waals surface area (Å²) in [5, 5.41) is 0. The molecule has 3 aromatic carbocycles. The van der Waals surface area contributed by atoms with Gasteiger partial charge in [0.05, 0.1) is 19.4 Å². The maximum absolute atomic E-state index is 3.74. The molecule has 1 aromatic heterocycles. The molecule has 0 bridgehead atoms. The van der Waals surface area contributed by atoms with Gasteiger partial charge in [0.2, 0.25) is 0 Å². The molecule has 2 heterocycles. The molecule has 0 aliphatic carbocycles. The quantitative estimate of drug-likeness (QED) is 0.165. The number of imidazole rings is 1. The molecule has 0 saturated heterocycles. The maximum Gasteiger partial charge on any atom is 0.307 e. The van der Waals surface area contributed by atoms with E-state index in [2.05, 4.69) is 148 Å². The topological polar surface area (TPSA) is 12.9 Å². The van der Waals surface area contributed by atoms with Gasteiger partial charge in [-0.2, -0.15) is 5.56 Å². The number of hydrogen-bond acceptors (Lipinski definition) is 0. The maximum atomic E-state index is 3.74. The molecule has 0 amide bonds. The second kappa shape index (κ2) is 11.8. The summed E-state index contributed by atoms with van der Waals surface area (Å²) in [7, 11) is 2.13. The fourth-order valence-electron chi connectivity index (χ4n) is 5.49. The molecule has 39 heavy (non-hydrogen) atoms. The third-order valence-corrected chi connectivity index (χ3v) is 7.64. The van der Waals surface area contributed by atoms with Gasteiger partial charge in [-0.3, -0.25) is 10.1 Å². The summed E-state index contributed by atoms with van der Waals surface area (Å²) in [5.74, 6) is 0.712. The average molecular weight is 590 g/mol. The summed E-state index contributed by atoms with van der Waals surface area (Å²) in [6.45, 7) is 15.5.